The molecule has 1 amide bonds. The van der Waals surface area contributed by atoms with Crippen LogP contribution in [0, 0.1) is 5.41 Å². The highest BCUT2D eigenvalue weighted by atomic mass is 35.5. The van der Waals surface area contributed by atoms with E-state index in [0.29, 0.717) is 17.4 Å². The van der Waals surface area contributed by atoms with Crippen LogP contribution in [0.4, 0.5) is 0 Å². The van der Waals surface area contributed by atoms with Crippen molar-refractivity contribution in [1.82, 2.24) is 9.62 Å². The van der Waals surface area contributed by atoms with Crippen molar-refractivity contribution in [2.75, 3.05) is 26.7 Å². The second-order valence-corrected chi connectivity index (χ2v) is 9.21. The Labute approximate surface area is 134 Å². The van der Waals surface area contributed by atoms with Crippen LogP contribution in [0.25, 0.3) is 0 Å². The number of carbonyl (C=O) groups is 1. The molecule has 21 heavy (non-hydrogen) atoms. The molecule has 0 fully saturated rings. The topological polar surface area (TPSA) is 92.5 Å². The molecule has 1 aromatic heterocycles. The Morgan fingerprint density at radius 3 is 2.57 bits per heavy atom. The predicted octanol–water partition coefficient (Wildman–Crippen LogP) is 1.12. The number of hydrogen-bond acceptors (Lipinski definition) is 5. The lowest BCUT2D eigenvalue weighted by Gasteiger charge is -2.29. The van der Waals surface area contributed by atoms with Crippen LogP contribution < -0.4 is 10.5 Å². The minimum Gasteiger partial charge on any atom is -0.344 e. The maximum atomic E-state index is 12.0. The van der Waals surface area contributed by atoms with Gasteiger partial charge in [0.25, 0.3) is 10.0 Å². The van der Waals surface area contributed by atoms with E-state index in [-0.39, 0.29) is 22.1 Å². The lowest BCUT2D eigenvalue weighted by atomic mass is 9.93. The first-order valence-electron chi connectivity index (χ1n) is 6.26. The molecule has 0 unspecified atom stereocenters. The summed E-state index contributed by atoms with van der Waals surface area (Å²) in [6.45, 7) is 4.47. The van der Waals surface area contributed by atoms with Gasteiger partial charge in [-0.1, -0.05) is 25.4 Å². The van der Waals surface area contributed by atoms with Crippen LogP contribution in [0.15, 0.2) is 16.3 Å². The van der Waals surface area contributed by atoms with Crippen molar-refractivity contribution < 1.29 is 13.2 Å². The van der Waals surface area contributed by atoms with Gasteiger partial charge in [0.15, 0.2) is 0 Å². The summed E-state index contributed by atoms with van der Waals surface area (Å²) in [5, 5.41) is 0. The number of nitrogens with zero attached hydrogens (tertiary/aromatic N) is 1. The fourth-order valence-corrected chi connectivity index (χ4v) is 4.10. The van der Waals surface area contributed by atoms with E-state index in [0.717, 1.165) is 11.3 Å². The Bertz CT molecular complexity index is 599. The van der Waals surface area contributed by atoms with E-state index in [2.05, 4.69) is 4.72 Å². The number of thiophene rings is 1. The number of amides is 1. The Hall–Kier alpha value is -0.670. The Balaban J connectivity index is 2.60. The SMILES string of the molecule is CN(CC(C)(C)CN)C(=O)CNS(=O)(=O)c1ccc(Cl)s1. The van der Waals surface area contributed by atoms with Crippen molar-refractivity contribution in [2.24, 2.45) is 11.1 Å². The van der Waals surface area contributed by atoms with Crippen molar-refractivity contribution >= 4 is 38.9 Å². The number of likely N-dealkylation sites (N-methyl/N-ethyl adjacent to an activating group) is 1. The fourth-order valence-electron chi connectivity index (χ4n) is 1.60. The molecule has 0 saturated heterocycles. The van der Waals surface area contributed by atoms with Gasteiger partial charge in [-0.3, -0.25) is 4.79 Å². The summed E-state index contributed by atoms with van der Waals surface area (Å²) in [4.78, 5) is 13.4. The first-order chi connectivity index (χ1) is 9.57. The average molecular weight is 354 g/mol. The zero-order valence-electron chi connectivity index (χ0n) is 12.2. The number of carbonyl (C=O) groups excluding carboxylic acids is 1. The molecule has 0 bridgehead atoms. The summed E-state index contributed by atoms with van der Waals surface area (Å²) in [5.41, 5.74) is 5.40. The molecule has 0 aliphatic carbocycles. The van der Waals surface area contributed by atoms with Crippen molar-refractivity contribution in [1.29, 1.82) is 0 Å². The van der Waals surface area contributed by atoms with Crippen LogP contribution in [0.5, 0.6) is 0 Å². The normalized spacial score (nSPS) is 12.4. The second kappa shape index (κ2) is 7.06. The van der Waals surface area contributed by atoms with E-state index in [1.54, 1.807) is 7.05 Å². The number of nitrogens with two attached hydrogens (primary N) is 1. The molecule has 0 spiro atoms. The van der Waals surface area contributed by atoms with E-state index in [4.69, 9.17) is 17.3 Å². The van der Waals surface area contributed by atoms with E-state index < -0.39 is 10.0 Å². The van der Waals surface area contributed by atoms with E-state index >= 15 is 0 Å². The standard InChI is InChI=1S/C12H20ClN3O3S2/c1-12(2,7-14)8-16(3)10(17)6-15-21(18,19)11-5-4-9(13)20-11/h4-5,15H,6-8,14H2,1-3H3. The molecule has 9 heteroatoms. The highest BCUT2D eigenvalue weighted by molar-refractivity contribution is 7.91. The van der Waals surface area contributed by atoms with Gasteiger partial charge in [-0.25, -0.2) is 13.1 Å². The molecule has 1 rings (SSSR count). The number of halogens is 1. The van der Waals surface area contributed by atoms with Crippen LogP contribution in [0.1, 0.15) is 13.8 Å². The molecule has 1 aromatic rings. The van der Waals surface area contributed by atoms with E-state index in [1.165, 1.54) is 17.0 Å². The minimum absolute atomic E-state index is 0.0882. The third-order valence-electron chi connectivity index (χ3n) is 2.87. The summed E-state index contributed by atoms with van der Waals surface area (Å²) in [6, 6.07) is 2.90. The molecule has 6 nitrogen and oxygen atoms in total. The van der Waals surface area contributed by atoms with E-state index in [1.807, 2.05) is 13.8 Å². The second-order valence-electron chi connectivity index (χ2n) is 5.50. The molecule has 0 radical (unpaired) electrons. The molecule has 120 valence electrons. The van der Waals surface area contributed by atoms with Crippen LogP contribution in [-0.4, -0.2) is 45.9 Å². The first-order valence-corrected chi connectivity index (χ1v) is 8.94. The summed E-state index contributed by atoms with van der Waals surface area (Å²) in [7, 11) is -2.08. The fraction of sp³-hybridized carbons (Fsp3) is 0.583. The third kappa shape index (κ3) is 5.55. The molecule has 1 heterocycles. The highest BCUT2D eigenvalue weighted by Gasteiger charge is 2.23. The van der Waals surface area contributed by atoms with Crippen molar-refractivity contribution in [2.45, 2.75) is 18.1 Å². The Morgan fingerprint density at radius 1 is 1.48 bits per heavy atom. The highest BCUT2D eigenvalue weighted by Crippen LogP contribution is 2.25. The maximum absolute atomic E-state index is 12.0. The number of rotatable bonds is 7. The van der Waals surface area contributed by atoms with Crippen molar-refractivity contribution in [3.8, 4) is 0 Å². The number of nitrogens with one attached hydrogen (secondary N) is 1. The summed E-state index contributed by atoms with van der Waals surface area (Å²) in [6.07, 6.45) is 0. The lowest BCUT2D eigenvalue weighted by molar-refractivity contribution is -0.129. The van der Waals surface area contributed by atoms with Gasteiger partial charge in [0.1, 0.15) is 4.21 Å². The smallest absolute Gasteiger partial charge is 0.250 e. The number of hydrogen-bond donors (Lipinski definition) is 2. The van der Waals surface area contributed by atoms with Gasteiger partial charge in [-0.15, -0.1) is 11.3 Å². The van der Waals surface area contributed by atoms with Gasteiger partial charge in [0, 0.05) is 13.6 Å². The van der Waals surface area contributed by atoms with Gasteiger partial charge >= 0.3 is 0 Å². The average Bonchev–Trinajstić information content (AvgIpc) is 2.83. The molecule has 0 aromatic carbocycles. The van der Waals surface area contributed by atoms with Gasteiger partial charge < -0.3 is 10.6 Å². The van der Waals surface area contributed by atoms with Crippen molar-refractivity contribution in [3.05, 3.63) is 16.5 Å². The summed E-state index contributed by atoms with van der Waals surface area (Å²) < 4.78 is 26.7. The molecule has 0 saturated carbocycles. The largest absolute Gasteiger partial charge is 0.344 e. The predicted molar refractivity (Wildman–Crippen MR) is 85.0 cm³/mol. The molecular weight excluding hydrogens is 334 g/mol. The van der Waals surface area contributed by atoms with E-state index in [9.17, 15) is 13.2 Å². The zero-order chi connectivity index (χ0) is 16.3. The van der Waals surface area contributed by atoms with Crippen LogP contribution in [-0.2, 0) is 14.8 Å². The monoisotopic (exact) mass is 353 g/mol. The third-order valence-corrected chi connectivity index (χ3v) is 5.99. The molecule has 0 atom stereocenters. The maximum Gasteiger partial charge on any atom is 0.250 e. The quantitative estimate of drug-likeness (QED) is 0.768. The molecular formula is C12H20ClN3O3S2. The van der Waals surface area contributed by atoms with Crippen molar-refractivity contribution in [3.63, 3.8) is 0 Å². The summed E-state index contributed by atoms with van der Waals surface area (Å²) >= 11 is 6.65. The minimum atomic E-state index is -3.71. The number of sulfonamides is 1. The zero-order valence-corrected chi connectivity index (χ0v) is 14.6. The molecule has 0 aliphatic heterocycles. The van der Waals surface area contributed by atoms with Gasteiger partial charge in [0.2, 0.25) is 5.91 Å². The van der Waals surface area contributed by atoms with Crippen LogP contribution >= 0.6 is 22.9 Å². The van der Waals surface area contributed by atoms with Gasteiger partial charge in [-0.05, 0) is 24.1 Å². The lowest BCUT2D eigenvalue weighted by Crippen LogP contribution is -2.43. The van der Waals surface area contributed by atoms with Crippen LogP contribution in [0.2, 0.25) is 4.34 Å². The molecule has 0 aliphatic rings. The first kappa shape index (κ1) is 18.4. The van der Waals surface area contributed by atoms with Crippen LogP contribution in [0.3, 0.4) is 0 Å². The Morgan fingerprint density at radius 2 is 2.10 bits per heavy atom. The summed E-state index contributed by atoms with van der Waals surface area (Å²) in [5.74, 6) is -0.317. The van der Waals surface area contributed by atoms with Gasteiger partial charge in [0.05, 0.1) is 10.9 Å². The van der Waals surface area contributed by atoms with Gasteiger partial charge in [-0.2, -0.15) is 0 Å². The Kier molecular flexibility index (Phi) is 6.18. The molecule has 3 N–H and O–H groups in total.